The van der Waals surface area contributed by atoms with E-state index in [9.17, 15) is 13.2 Å². The molecule has 0 aliphatic heterocycles. The number of halogens is 3. The second-order valence-electron chi connectivity index (χ2n) is 3.92. The Hall–Kier alpha value is -1.01. The fraction of sp³-hybridized carbons (Fsp3) is 0.636. The number of rotatable bonds is 6. The standard InChI is InChI=1S/C11H17F3N2O/c1-2-10(15)7-9-3-4-16(8-9)5-6-17-11(12,13)14/h3-4,8,10H,2,5-7,15H2,1H3. The smallest absolute Gasteiger partial charge is 0.352 e. The average Bonchev–Trinajstić information content (AvgIpc) is 2.63. The van der Waals surface area contributed by atoms with Gasteiger partial charge in [-0.1, -0.05) is 6.92 Å². The van der Waals surface area contributed by atoms with Gasteiger partial charge in [-0.3, -0.25) is 4.74 Å². The van der Waals surface area contributed by atoms with Crippen molar-refractivity contribution in [3.63, 3.8) is 0 Å². The highest BCUT2D eigenvalue weighted by molar-refractivity contribution is 5.11. The largest absolute Gasteiger partial charge is 0.522 e. The number of hydrogen-bond donors (Lipinski definition) is 1. The minimum absolute atomic E-state index is 0.0947. The van der Waals surface area contributed by atoms with Crippen molar-refractivity contribution in [1.82, 2.24) is 4.57 Å². The molecular weight excluding hydrogens is 233 g/mol. The van der Waals surface area contributed by atoms with Gasteiger partial charge in [-0.15, -0.1) is 13.2 Å². The van der Waals surface area contributed by atoms with Gasteiger partial charge < -0.3 is 10.3 Å². The Morgan fingerprint density at radius 2 is 2.18 bits per heavy atom. The second-order valence-corrected chi connectivity index (χ2v) is 3.92. The van der Waals surface area contributed by atoms with Crippen LogP contribution in [0.15, 0.2) is 18.5 Å². The van der Waals surface area contributed by atoms with Gasteiger partial charge in [0, 0.05) is 25.0 Å². The van der Waals surface area contributed by atoms with Gasteiger partial charge in [-0.05, 0) is 24.5 Å². The lowest BCUT2D eigenvalue weighted by Gasteiger charge is -2.08. The first-order valence-electron chi connectivity index (χ1n) is 5.51. The third-order valence-corrected chi connectivity index (χ3v) is 2.45. The first-order valence-corrected chi connectivity index (χ1v) is 5.51. The molecule has 1 aromatic rings. The molecule has 3 nitrogen and oxygen atoms in total. The van der Waals surface area contributed by atoms with Crippen LogP contribution in [-0.2, 0) is 17.7 Å². The van der Waals surface area contributed by atoms with Crippen LogP contribution in [0.25, 0.3) is 0 Å². The molecule has 0 spiro atoms. The highest BCUT2D eigenvalue weighted by atomic mass is 19.4. The van der Waals surface area contributed by atoms with Crippen LogP contribution >= 0.6 is 0 Å². The van der Waals surface area contributed by atoms with Crippen molar-refractivity contribution in [2.75, 3.05) is 6.61 Å². The molecular formula is C11H17F3N2O. The number of ether oxygens (including phenoxy) is 1. The van der Waals surface area contributed by atoms with Crippen molar-refractivity contribution in [2.45, 2.75) is 38.7 Å². The van der Waals surface area contributed by atoms with Gasteiger partial charge in [0.25, 0.3) is 0 Å². The molecule has 17 heavy (non-hydrogen) atoms. The van der Waals surface area contributed by atoms with Crippen LogP contribution in [0.4, 0.5) is 13.2 Å². The minimum Gasteiger partial charge on any atom is -0.352 e. The lowest BCUT2D eigenvalue weighted by Crippen LogP contribution is -2.21. The summed E-state index contributed by atoms with van der Waals surface area (Å²) in [5.41, 5.74) is 6.82. The highest BCUT2D eigenvalue weighted by Crippen LogP contribution is 2.16. The predicted molar refractivity (Wildman–Crippen MR) is 58.4 cm³/mol. The summed E-state index contributed by atoms with van der Waals surface area (Å²) < 4.78 is 40.6. The molecule has 0 bridgehead atoms. The molecule has 6 heteroatoms. The summed E-state index contributed by atoms with van der Waals surface area (Å²) in [4.78, 5) is 0. The van der Waals surface area contributed by atoms with Gasteiger partial charge in [0.2, 0.25) is 0 Å². The molecule has 0 aliphatic carbocycles. The van der Waals surface area contributed by atoms with Crippen molar-refractivity contribution in [3.8, 4) is 0 Å². The molecule has 1 aromatic heterocycles. The topological polar surface area (TPSA) is 40.2 Å². The Kier molecular flexibility index (Phi) is 5.02. The SMILES string of the molecule is CCC(N)Cc1ccn(CCOC(F)(F)F)c1. The van der Waals surface area contributed by atoms with E-state index in [1.165, 1.54) is 0 Å². The number of alkyl halides is 3. The van der Waals surface area contributed by atoms with E-state index in [4.69, 9.17) is 5.73 Å². The molecule has 0 saturated carbocycles. The lowest BCUT2D eigenvalue weighted by atomic mass is 10.1. The highest BCUT2D eigenvalue weighted by Gasteiger charge is 2.28. The fourth-order valence-electron chi connectivity index (χ4n) is 1.46. The molecule has 0 aliphatic rings. The van der Waals surface area contributed by atoms with Crippen LogP contribution in [0, 0.1) is 0 Å². The quantitative estimate of drug-likeness (QED) is 0.841. The Balaban J connectivity index is 2.36. The zero-order chi connectivity index (χ0) is 12.9. The van der Waals surface area contributed by atoms with Gasteiger partial charge >= 0.3 is 6.36 Å². The minimum atomic E-state index is -4.56. The first kappa shape index (κ1) is 14.1. The van der Waals surface area contributed by atoms with Gasteiger partial charge in [-0.25, -0.2) is 0 Å². The molecule has 1 unspecified atom stereocenters. The monoisotopic (exact) mass is 250 g/mol. The predicted octanol–water partition coefficient (Wildman–Crippen LogP) is 2.30. The maximum absolute atomic E-state index is 11.7. The van der Waals surface area contributed by atoms with Crippen LogP contribution in [0.5, 0.6) is 0 Å². The molecule has 0 amide bonds. The molecule has 1 heterocycles. The van der Waals surface area contributed by atoms with E-state index < -0.39 is 6.36 Å². The van der Waals surface area contributed by atoms with E-state index in [1.54, 1.807) is 17.0 Å². The van der Waals surface area contributed by atoms with Crippen molar-refractivity contribution < 1.29 is 17.9 Å². The van der Waals surface area contributed by atoms with E-state index in [0.717, 1.165) is 18.4 Å². The Bertz CT molecular complexity index is 336. The second kappa shape index (κ2) is 6.07. The number of nitrogens with zero attached hydrogens (tertiary/aromatic N) is 1. The van der Waals surface area contributed by atoms with E-state index in [-0.39, 0.29) is 19.2 Å². The van der Waals surface area contributed by atoms with Crippen molar-refractivity contribution in [3.05, 3.63) is 24.0 Å². The summed E-state index contributed by atoms with van der Waals surface area (Å²) in [6.07, 6.45) is 0.596. The normalized spacial score (nSPS) is 13.9. The molecule has 0 fully saturated rings. The summed E-state index contributed by atoms with van der Waals surface area (Å²) >= 11 is 0. The Labute approximate surface area is 98.4 Å². The summed E-state index contributed by atoms with van der Waals surface area (Å²) in [7, 11) is 0. The van der Waals surface area contributed by atoms with E-state index in [2.05, 4.69) is 4.74 Å². The fourth-order valence-corrected chi connectivity index (χ4v) is 1.46. The third kappa shape index (κ3) is 5.74. The van der Waals surface area contributed by atoms with Crippen LogP contribution in [0.3, 0.4) is 0 Å². The summed E-state index contributed by atoms with van der Waals surface area (Å²) in [5, 5.41) is 0. The molecule has 98 valence electrons. The van der Waals surface area contributed by atoms with Gasteiger partial charge in [0.05, 0.1) is 6.61 Å². The summed E-state index contributed by atoms with van der Waals surface area (Å²) in [6.45, 7) is 1.80. The molecule has 2 N–H and O–H groups in total. The van der Waals surface area contributed by atoms with Crippen molar-refractivity contribution in [2.24, 2.45) is 5.73 Å². The zero-order valence-electron chi connectivity index (χ0n) is 9.70. The number of nitrogens with two attached hydrogens (primary N) is 1. The average molecular weight is 250 g/mol. The maximum Gasteiger partial charge on any atom is 0.522 e. The van der Waals surface area contributed by atoms with Crippen LogP contribution < -0.4 is 5.73 Å². The van der Waals surface area contributed by atoms with Crippen LogP contribution in [0.1, 0.15) is 18.9 Å². The first-order chi connectivity index (χ1) is 7.90. The molecule has 1 atom stereocenters. The third-order valence-electron chi connectivity index (χ3n) is 2.45. The van der Waals surface area contributed by atoms with Crippen LogP contribution in [-0.4, -0.2) is 23.6 Å². The molecule has 0 saturated heterocycles. The number of hydrogen-bond acceptors (Lipinski definition) is 2. The number of aromatic nitrogens is 1. The Morgan fingerprint density at radius 1 is 1.47 bits per heavy atom. The zero-order valence-corrected chi connectivity index (χ0v) is 9.70. The summed E-state index contributed by atoms with van der Waals surface area (Å²) in [6, 6.07) is 1.96. The van der Waals surface area contributed by atoms with Gasteiger partial charge in [0.15, 0.2) is 0 Å². The molecule has 0 aromatic carbocycles. The van der Waals surface area contributed by atoms with Gasteiger partial charge in [-0.2, -0.15) is 0 Å². The molecule has 0 radical (unpaired) electrons. The molecule has 1 rings (SSSR count). The van der Waals surface area contributed by atoms with Crippen molar-refractivity contribution in [1.29, 1.82) is 0 Å². The van der Waals surface area contributed by atoms with E-state index in [0.29, 0.717) is 0 Å². The van der Waals surface area contributed by atoms with Crippen LogP contribution in [0.2, 0.25) is 0 Å². The summed E-state index contributed by atoms with van der Waals surface area (Å²) in [5.74, 6) is 0. The Morgan fingerprint density at radius 3 is 2.76 bits per heavy atom. The lowest BCUT2D eigenvalue weighted by molar-refractivity contribution is -0.325. The maximum atomic E-state index is 11.7. The van der Waals surface area contributed by atoms with Crippen molar-refractivity contribution >= 4 is 0 Å². The van der Waals surface area contributed by atoms with Gasteiger partial charge in [0.1, 0.15) is 0 Å². The van der Waals surface area contributed by atoms with E-state index >= 15 is 0 Å². The van der Waals surface area contributed by atoms with E-state index in [1.807, 2.05) is 13.0 Å².